The van der Waals surface area contributed by atoms with E-state index in [9.17, 15) is 24.2 Å². The SMILES string of the molecule is Cc1nc(CC(=O)NN2CCOCC2)c(C2OCCO2)c(N[C@H](C)c2cccc(S(F)(F)(F)(F)F)c2)n1. The van der Waals surface area contributed by atoms with Crippen LogP contribution >= 0.6 is 10.2 Å². The summed E-state index contributed by atoms with van der Waals surface area (Å²) >= 11 is 0. The largest absolute Gasteiger partial charge is 0.379 e. The summed E-state index contributed by atoms with van der Waals surface area (Å²) in [5, 5.41) is 4.71. The fourth-order valence-corrected chi connectivity index (χ4v) is 4.71. The lowest BCUT2D eigenvalue weighted by Crippen LogP contribution is -2.49. The Morgan fingerprint density at radius 1 is 1.11 bits per heavy atom. The summed E-state index contributed by atoms with van der Waals surface area (Å²) in [7, 11) is -9.86. The maximum absolute atomic E-state index is 13.4. The van der Waals surface area contributed by atoms with Crippen LogP contribution < -0.4 is 10.7 Å². The fourth-order valence-electron chi connectivity index (χ4n) is 4.01. The van der Waals surface area contributed by atoms with Crippen LogP contribution in [0.15, 0.2) is 29.2 Å². The lowest BCUT2D eigenvalue weighted by Gasteiger charge is -2.40. The van der Waals surface area contributed by atoms with Crippen LogP contribution in [0.1, 0.15) is 41.9 Å². The molecule has 0 spiro atoms. The van der Waals surface area contributed by atoms with Crippen molar-refractivity contribution in [3.63, 3.8) is 0 Å². The molecule has 15 heteroatoms. The maximum atomic E-state index is 13.4. The number of morpholine rings is 1. The van der Waals surface area contributed by atoms with E-state index >= 15 is 0 Å². The minimum atomic E-state index is -9.86. The molecule has 4 rings (SSSR count). The zero-order valence-electron chi connectivity index (χ0n) is 20.2. The standard InChI is InChI=1S/C22H28F5N5O4S/c1-14(16-4-3-5-17(12-16)37(23,24,25,26)27)28-21-20(22-35-10-11-36-22)18(29-15(2)30-21)13-19(33)31-32-6-8-34-9-7-32/h3-5,12,14,22H,6-11,13H2,1-2H3,(H,31,33)(H,28,29,30)/t14-/m1/s1. The van der Waals surface area contributed by atoms with Crippen LogP contribution in [0, 0.1) is 6.92 Å². The van der Waals surface area contributed by atoms with Gasteiger partial charge in [-0.05, 0) is 31.5 Å². The van der Waals surface area contributed by atoms with Crippen molar-refractivity contribution < 1.29 is 38.4 Å². The number of ether oxygens (including phenoxy) is 3. The van der Waals surface area contributed by atoms with Gasteiger partial charge in [0.1, 0.15) is 16.5 Å². The Morgan fingerprint density at radius 3 is 2.43 bits per heavy atom. The molecule has 9 nitrogen and oxygen atoms in total. The monoisotopic (exact) mass is 553 g/mol. The highest BCUT2D eigenvalue weighted by Gasteiger charge is 2.65. The quantitative estimate of drug-likeness (QED) is 0.459. The normalized spacial score (nSPS) is 20.2. The van der Waals surface area contributed by atoms with Gasteiger partial charge in [0.15, 0.2) is 6.29 Å². The van der Waals surface area contributed by atoms with Crippen molar-refractivity contribution in [2.45, 2.75) is 37.5 Å². The summed E-state index contributed by atoms with van der Waals surface area (Å²) < 4.78 is 83.3. The number of hydrogen-bond donors (Lipinski definition) is 2. The van der Waals surface area contributed by atoms with Gasteiger partial charge in [-0.25, -0.2) is 15.0 Å². The molecule has 1 amide bonds. The Kier molecular flexibility index (Phi) is 7.13. The Hall–Kier alpha value is -2.59. The van der Waals surface area contributed by atoms with Crippen LogP contribution in [0.5, 0.6) is 0 Å². The third-order valence-electron chi connectivity index (χ3n) is 5.77. The molecule has 0 bridgehead atoms. The van der Waals surface area contributed by atoms with Gasteiger partial charge in [0.25, 0.3) is 0 Å². The molecule has 3 heterocycles. The molecule has 2 saturated heterocycles. The maximum Gasteiger partial charge on any atom is 0.310 e. The first-order chi connectivity index (χ1) is 17.2. The van der Waals surface area contributed by atoms with E-state index in [1.165, 1.54) is 13.0 Å². The average Bonchev–Trinajstić information content (AvgIpc) is 3.32. The van der Waals surface area contributed by atoms with E-state index in [4.69, 9.17) is 14.2 Å². The first-order valence-corrected chi connectivity index (χ1v) is 13.5. The number of carbonyl (C=O) groups excluding carboxylic acids is 1. The predicted octanol–water partition coefficient (Wildman–Crippen LogP) is 4.57. The van der Waals surface area contributed by atoms with E-state index in [1.807, 2.05) is 0 Å². The number of aromatic nitrogens is 2. The van der Waals surface area contributed by atoms with E-state index < -0.39 is 27.5 Å². The summed E-state index contributed by atoms with van der Waals surface area (Å²) in [6.45, 7) is 5.67. The molecule has 37 heavy (non-hydrogen) atoms. The lowest BCUT2D eigenvalue weighted by molar-refractivity contribution is -0.127. The molecule has 2 aliphatic rings. The van der Waals surface area contributed by atoms with Gasteiger partial charge in [0, 0.05) is 19.1 Å². The Morgan fingerprint density at radius 2 is 1.78 bits per heavy atom. The van der Waals surface area contributed by atoms with Crippen molar-refractivity contribution in [3.05, 3.63) is 46.9 Å². The second kappa shape index (κ2) is 9.62. The third kappa shape index (κ3) is 7.04. The second-order valence-corrected chi connectivity index (χ2v) is 11.2. The van der Waals surface area contributed by atoms with Gasteiger partial charge in [-0.2, -0.15) is 0 Å². The van der Waals surface area contributed by atoms with Gasteiger partial charge < -0.3 is 19.5 Å². The number of rotatable bonds is 8. The number of carbonyl (C=O) groups is 1. The summed E-state index contributed by atoms with van der Waals surface area (Å²) in [6, 6.07) is 2.13. The van der Waals surface area contributed by atoms with E-state index in [0.717, 1.165) is 6.07 Å². The summed E-state index contributed by atoms with van der Waals surface area (Å²) in [6.07, 6.45) is -1.07. The second-order valence-electron chi connectivity index (χ2n) is 8.77. The molecule has 1 aromatic heterocycles. The smallest absolute Gasteiger partial charge is 0.310 e. The molecule has 0 saturated carbocycles. The number of nitrogens with zero attached hydrogens (tertiary/aromatic N) is 3. The molecule has 2 fully saturated rings. The van der Waals surface area contributed by atoms with Crippen LogP contribution in [0.3, 0.4) is 0 Å². The summed E-state index contributed by atoms with van der Waals surface area (Å²) in [5.41, 5.74) is 3.38. The average molecular weight is 554 g/mol. The van der Waals surface area contributed by atoms with Crippen molar-refractivity contribution in [1.29, 1.82) is 0 Å². The minimum absolute atomic E-state index is 0.0344. The van der Waals surface area contributed by atoms with Crippen LogP contribution in [0.4, 0.5) is 25.2 Å². The Bertz CT molecular complexity index is 1160. The zero-order chi connectivity index (χ0) is 26.9. The van der Waals surface area contributed by atoms with E-state index in [2.05, 4.69) is 20.7 Å². The Balaban J connectivity index is 1.62. The van der Waals surface area contributed by atoms with E-state index in [1.54, 1.807) is 11.9 Å². The van der Waals surface area contributed by atoms with Crippen LogP contribution in [0.25, 0.3) is 0 Å². The van der Waals surface area contributed by atoms with Crippen LogP contribution in [-0.4, -0.2) is 60.4 Å². The van der Waals surface area contributed by atoms with Gasteiger partial charge in [-0.15, -0.1) is 0 Å². The van der Waals surface area contributed by atoms with E-state index in [0.29, 0.717) is 49.7 Å². The molecule has 206 valence electrons. The summed E-state index contributed by atoms with van der Waals surface area (Å²) in [5.74, 6) is 0.104. The first kappa shape index (κ1) is 27.4. The number of amides is 1. The van der Waals surface area contributed by atoms with Crippen molar-refractivity contribution in [2.75, 3.05) is 44.8 Å². The van der Waals surface area contributed by atoms with E-state index in [-0.39, 0.29) is 42.7 Å². The predicted molar refractivity (Wildman–Crippen MR) is 126 cm³/mol. The van der Waals surface area contributed by atoms with Gasteiger partial charge in [0.05, 0.1) is 44.1 Å². The fraction of sp³-hybridized carbons (Fsp3) is 0.500. The van der Waals surface area contributed by atoms with Crippen molar-refractivity contribution >= 4 is 21.9 Å². The molecule has 1 atom stereocenters. The molecule has 1 aromatic carbocycles. The highest BCUT2D eigenvalue weighted by molar-refractivity contribution is 8.45. The van der Waals surface area contributed by atoms with Crippen LogP contribution in [0.2, 0.25) is 0 Å². The minimum Gasteiger partial charge on any atom is -0.379 e. The van der Waals surface area contributed by atoms with Gasteiger partial charge in [0.2, 0.25) is 5.91 Å². The molecule has 0 radical (unpaired) electrons. The van der Waals surface area contributed by atoms with Gasteiger partial charge >= 0.3 is 10.2 Å². The van der Waals surface area contributed by atoms with Gasteiger partial charge in [-0.3, -0.25) is 10.2 Å². The van der Waals surface area contributed by atoms with Crippen molar-refractivity contribution in [1.82, 2.24) is 20.4 Å². The number of hydrazine groups is 1. The number of nitrogens with one attached hydrogen (secondary N) is 2. The highest BCUT2D eigenvalue weighted by atomic mass is 32.5. The number of benzene rings is 1. The first-order valence-electron chi connectivity index (χ1n) is 11.5. The molecule has 2 aromatic rings. The topological polar surface area (TPSA) is 97.8 Å². The zero-order valence-corrected chi connectivity index (χ0v) is 21.0. The van der Waals surface area contributed by atoms with Crippen molar-refractivity contribution in [3.8, 4) is 0 Å². The number of halogens is 5. The number of aryl methyl sites for hydroxylation is 1. The van der Waals surface area contributed by atoms with Crippen LogP contribution in [-0.2, 0) is 25.4 Å². The lowest BCUT2D eigenvalue weighted by atomic mass is 10.1. The molecule has 2 aliphatic heterocycles. The molecule has 0 aliphatic carbocycles. The number of anilines is 1. The molecule has 2 N–H and O–H groups in total. The molecular weight excluding hydrogens is 525 g/mol. The third-order valence-corrected chi connectivity index (χ3v) is 6.92. The highest BCUT2D eigenvalue weighted by Crippen LogP contribution is 3.02. The molecule has 0 unspecified atom stereocenters. The van der Waals surface area contributed by atoms with Crippen molar-refractivity contribution in [2.24, 2.45) is 0 Å². The Labute approximate surface area is 210 Å². The van der Waals surface area contributed by atoms with Gasteiger partial charge in [-0.1, -0.05) is 31.6 Å². The number of hydrogen-bond acceptors (Lipinski definition) is 8. The summed E-state index contributed by atoms with van der Waals surface area (Å²) in [4.78, 5) is 19.6. The molecular formula is C22H28F5N5O4S.